The fraction of sp³-hybridized carbons (Fsp3) is 0.433. The van der Waals surface area contributed by atoms with Crippen LogP contribution in [0, 0.1) is 12.7 Å². The number of hydrogen-bond acceptors (Lipinski definition) is 5. The minimum Gasteiger partial charge on any atom is -0.368 e. The monoisotopic (exact) mass is 552 g/mol. The van der Waals surface area contributed by atoms with Crippen LogP contribution in [0.5, 0.6) is 0 Å². The molecule has 0 spiro atoms. The molecule has 0 bridgehead atoms. The Morgan fingerprint density at radius 2 is 1.69 bits per heavy atom. The van der Waals surface area contributed by atoms with Crippen molar-refractivity contribution in [2.24, 2.45) is 12.8 Å². The Labute approximate surface area is 235 Å². The van der Waals surface area contributed by atoms with Crippen molar-refractivity contribution in [2.75, 3.05) is 55.6 Å². The maximum atomic E-state index is 14.3. The molecular formula is C30H38ClFN6O. The molecule has 9 heteroatoms. The fourth-order valence-corrected chi connectivity index (χ4v) is 6.15. The van der Waals surface area contributed by atoms with Crippen molar-refractivity contribution in [3.63, 3.8) is 0 Å². The van der Waals surface area contributed by atoms with E-state index < -0.39 is 0 Å². The summed E-state index contributed by atoms with van der Waals surface area (Å²) >= 11 is 6.41. The average molecular weight is 553 g/mol. The van der Waals surface area contributed by atoms with Gasteiger partial charge in [0.25, 0.3) is 5.91 Å². The number of benzene rings is 2. The highest BCUT2D eigenvalue weighted by atomic mass is 35.5. The van der Waals surface area contributed by atoms with Gasteiger partial charge in [0.15, 0.2) is 0 Å². The van der Waals surface area contributed by atoms with Crippen LogP contribution in [-0.4, -0.2) is 72.1 Å². The third kappa shape index (κ3) is 5.51. The molecule has 2 aliphatic rings. The molecule has 2 aliphatic heterocycles. The van der Waals surface area contributed by atoms with E-state index in [0.717, 1.165) is 54.8 Å². The van der Waals surface area contributed by atoms with E-state index in [1.165, 1.54) is 11.6 Å². The van der Waals surface area contributed by atoms with Crippen molar-refractivity contribution in [3.8, 4) is 0 Å². The Morgan fingerprint density at radius 3 is 2.38 bits per heavy atom. The molecule has 3 heterocycles. The van der Waals surface area contributed by atoms with Gasteiger partial charge in [0.1, 0.15) is 11.5 Å². The van der Waals surface area contributed by atoms with Crippen LogP contribution >= 0.6 is 11.6 Å². The van der Waals surface area contributed by atoms with Crippen LogP contribution < -0.4 is 15.5 Å². The Morgan fingerprint density at radius 1 is 1.00 bits per heavy atom. The van der Waals surface area contributed by atoms with Gasteiger partial charge >= 0.3 is 0 Å². The van der Waals surface area contributed by atoms with Crippen molar-refractivity contribution in [1.29, 1.82) is 0 Å². The van der Waals surface area contributed by atoms with E-state index >= 15 is 0 Å². The number of hydrogen-bond donors (Lipinski definition) is 1. The predicted molar refractivity (Wildman–Crippen MR) is 156 cm³/mol. The van der Waals surface area contributed by atoms with E-state index in [4.69, 9.17) is 17.3 Å². The molecule has 2 aromatic carbocycles. The lowest BCUT2D eigenvalue weighted by atomic mass is 10.1. The summed E-state index contributed by atoms with van der Waals surface area (Å²) in [7, 11) is 1.97. The topological polar surface area (TPSA) is 61.0 Å². The van der Waals surface area contributed by atoms with Crippen LogP contribution in [0.1, 0.15) is 34.2 Å². The Bertz CT molecular complexity index is 1330. The van der Waals surface area contributed by atoms with Gasteiger partial charge in [-0.2, -0.15) is 0 Å². The third-order valence-electron chi connectivity index (χ3n) is 8.35. The molecule has 1 aromatic heterocycles. The van der Waals surface area contributed by atoms with Crippen molar-refractivity contribution >= 4 is 28.9 Å². The largest absolute Gasteiger partial charge is 0.368 e. The first-order chi connectivity index (χ1) is 18.8. The lowest BCUT2D eigenvalue weighted by Gasteiger charge is -2.41. The zero-order valence-electron chi connectivity index (χ0n) is 23.0. The second-order valence-corrected chi connectivity index (χ2v) is 11.1. The molecular weight excluding hydrogens is 515 g/mol. The molecule has 2 saturated heterocycles. The smallest absolute Gasteiger partial charge is 0.270 e. The summed E-state index contributed by atoms with van der Waals surface area (Å²) in [5.41, 5.74) is 11.3. The zero-order chi connectivity index (χ0) is 27.7. The maximum absolute atomic E-state index is 14.3. The number of amides is 1. The molecule has 1 atom stereocenters. The normalized spacial score (nSPS) is 18.6. The van der Waals surface area contributed by atoms with Gasteiger partial charge in [0, 0.05) is 88.9 Å². The number of anilines is 2. The molecule has 0 unspecified atom stereocenters. The molecule has 3 aromatic rings. The molecule has 5 rings (SSSR count). The van der Waals surface area contributed by atoms with E-state index in [9.17, 15) is 9.18 Å². The Balaban J connectivity index is 1.23. The first-order valence-electron chi connectivity index (χ1n) is 13.7. The highest BCUT2D eigenvalue weighted by Crippen LogP contribution is 2.28. The first-order valence-corrected chi connectivity index (χ1v) is 14.1. The quantitative estimate of drug-likeness (QED) is 0.495. The second-order valence-electron chi connectivity index (χ2n) is 10.6. The number of rotatable bonds is 6. The van der Waals surface area contributed by atoms with Gasteiger partial charge in [-0.25, -0.2) is 4.39 Å². The fourth-order valence-electron chi connectivity index (χ4n) is 5.89. The highest BCUT2D eigenvalue weighted by Gasteiger charge is 2.31. The molecule has 0 radical (unpaired) electrons. The van der Waals surface area contributed by atoms with E-state index in [1.54, 1.807) is 6.07 Å². The van der Waals surface area contributed by atoms with E-state index in [-0.39, 0.29) is 24.3 Å². The predicted octanol–water partition coefficient (Wildman–Crippen LogP) is 4.26. The summed E-state index contributed by atoms with van der Waals surface area (Å²) in [5, 5.41) is 0.791. The van der Waals surface area contributed by atoms with Crippen molar-refractivity contribution < 1.29 is 9.18 Å². The van der Waals surface area contributed by atoms with Crippen molar-refractivity contribution in [1.82, 2.24) is 14.4 Å². The number of piperazine rings is 2. The molecule has 0 aliphatic carbocycles. The lowest BCUT2D eigenvalue weighted by Crippen LogP contribution is -2.54. The molecule has 2 N–H and O–H groups in total. The van der Waals surface area contributed by atoms with Crippen LogP contribution in [0.2, 0.25) is 5.02 Å². The minimum absolute atomic E-state index is 0.0170. The van der Waals surface area contributed by atoms with Gasteiger partial charge in [0.05, 0.1) is 10.7 Å². The molecule has 208 valence electrons. The number of carbonyl (C=O) groups excluding carboxylic acids is 1. The van der Waals surface area contributed by atoms with Crippen molar-refractivity contribution in [2.45, 2.75) is 33.0 Å². The lowest BCUT2D eigenvalue weighted by molar-refractivity contribution is 0.0664. The van der Waals surface area contributed by atoms with Gasteiger partial charge in [-0.3, -0.25) is 9.69 Å². The Hall–Kier alpha value is -3.07. The van der Waals surface area contributed by atoms with E-state index in [1.807, 2.05) is 40.8 Å². The van der Waals surface area contributed by atoms with Crippen LogP contribution in [0.15, 0.2) is 48.5 Å². The van der Waals surface area contributed by atoms with Gasteiger partial charge in [-0.15, -0.1) is 0 Å². The number of para-hydroxylation sites is 1. The second kappa shape index (κ2) is 11.6. The van der Waals surface area contributed by atoms with Gasteiger partial charge in [-0.05, 0) is 49.7 Å². The van der Waals surface area contributed by atoms with Gasteiger partial charge in [0.2, 0.25) is 0 Å². The summed E-state index contributed by atoms with van der Waals surface area (Å²) in [4.78, 5) is 22.6. The molecule has 2 fully saturated rings. The van der Waals surface area contributed by atoms with Gasteiger partial charge in [-0.1, -0.05) is 29.8 Å². The summed E-state index contributed by atoms with van der Waals surface area (Å²) < 4.78 is 16.3. The number of aromatic nitrogens is 1. The summed E-state index contributed by atoms with van der Waals surface area (Å²) in [6.07, 6.45) is 0. The van der Waals surface area contributed by atoms with Gasteiger partial charge < -0.3 is 25.0 Å². The van der Waals surface area contributed by atoms with E-state index in [2.05, 4.69) is 40.7 Å². The average Bonchev–Trinajstić information content (AvgIpc) is 3.22. The van der Waals surface area contributed by atoms with Crippen LogP contribution in [0.25, 0.3) is 0 Å². The zero-order valence-corrected chi connectivity index (χ0v) is 23.8. The number of carbonyl (C=O) groups is 1. The number of nitrogens with two attached hydrogens (primary N) is 1. The molecule has 0 saturated carbocycles. The summed E-state index contributed by atoms with van der Waals surface area (Å²) in [5.74, 6) is -0.237. The number of halogens is 2. The first kappa shape index (κ1) is 27.5. The molecule has 7 nitrogen and oxygen atoms in total. The SMILES string of the molecule is Cc1c(CN2CCN(c3ccccc3Cl)CC2)cc(C(=O)N2CCN(c3cccc(F)c3CN)C[C@@H]2C)n1C. The Kier molecular flexibility index (Phi) is 8.16. The van der Waals surface area contributed by atoms with Crippen LogP contribution in [0.3, 0.4) is 0 Å². The van der Waals surface area contributed by atoms with Crippen LogP contribution in [0.4, 0.5) is 15.8 Å². The molecule has 1 amide bonds. The standard InChI is InChI=1S/C30H38ClFN6O/c1-21-19-37(27-10-6-8-26(32)24(27)18-33)15-16-38(21)30(39)29-17-23(22(2)34(29)3)20-35-11-13-36(14-12-35)28-9-5-4-7-25(28)31/h4-10,17,21H,11-16,18-20,33H2,1-3H3/t21-/m0/s1. The minimum atomic E-state index is -0.279. The number of nitrogens with zero attached hydrogens (tertiary/aromatic N) is 5. The third-order valence-corrected chi connectivity index (χ3v) is 8.67. The molecule has 39 heavy (non-hydrogen) atoms. The maximum Gasteiger partial charge on any atom is 0.270 e. The van der Waals surface area contributed by atoms with Crippen molar-refractivity contribution in [3.05, 3.63) is 81.9 Å². The summed E-state index contributed by atoms with van der Waals surface area (Å²) in [6, 6.07) is 15.1. The van der Waals surface area contributed by atoms with Crippen LogP contribution in [-0.2, 0) is 20.1 Å². The van der Waals surface area contributed by atoms with E-state index in [0.29, 0.717) is 30.9 Å². The summed E-state index contributed by atoms with van der Waals surface area (Å²) in [6.45, 7) is 10.7. The highest BCUT2D eigenvalue weighted by molar-refractivity contribution is 6.33.